The van der Waals surface area contributed by atoms with Crippen molar-refractivity contribution >= 4 is 34.5 Å². The maximum atomic E-state index is 12.7. The number of phosphoric acid groups is 2. The normalized spacial score (nSPS) is 27.6. The Kier molecular flexibility index (Phi) is 12.0. The number of thiol groups is 1. The zero-order valence-corrected chi connectivity index (χ0v) is 21.9. The minimum atomic E-state index is -5.54. The number of nitrogens with zero attached hydrogens (tertiary/aromatic N) is 1. The van der Waals surface area contributed by atoms with Crippen molar-refractivity contribution < 1.29 is 76.4 Å². The first-order chi connectivity index (χ1) is 18.1. The first-order valence-electron chi connectivity index (χ1n) is 10.3. The molecule has 39 heavy (non-hydrogen) atoms. The van der Waals surface area contributed by atoms with Crippen molar-refractivity contribution in [3.05, 3.63) is 33.1 Å². The van der Waals surface area contributed by atoms with Crippen LogP contribution in [0.25, 0.3) is 0 Å². The largest absolute Gasteiger partial charge is 0.558 e. The topological polar surface area (TPSA) is 329 Å². The zero-order valence-electron chi connectivity index (χ0n) is 19.2. The van der Waals surface area contributed by atoms with Gasteiger partial charge in [0.25, 0.3) is 5.56 Å². The van der Waals surface area contributed by atoms with Crippen LogP contribution in [0.15, 0.2) is 21.9 Å². The van der Waals surface area contributed by atoms with Crippen LogP contribution >= 0.6 is 28.6 Å². The quantitative estimate of drug-likeness (QED) is 0.0399. The van der Waals surface area contributed by atoms with Crippen molar-refractivity contribution in [3.63, 3.8) is 0 Å². The molecule has 0 saturated carbocycles. The van der Waals surface area contributed by atoms with Crippen molar-refractivity contribution in [2.45, 2.75) is 49.0 Å². The number of aliphatic hydroxyl groups is 7. The second kappa shape index (κ2) is 13.9. The Balaban J connectivity index is 2.09. The summed E-state index contributed by atoms with van der Waals surface area (Å²) in [5.74, 6) is 2.69. The SMILES string of the molecule is NOP(=O)(OC(=O)[C@H](O)[C@@H](O)[C@H](O)[C@H](O)CO)OP(=O)(OS)OC[C@H]1O[C@@H](n2ccc(=O)[nH]c2=O)[C@H](O)[C@@H]1O. The van der Waals surface area contributed by atoms with E-state index >= 15 is 0 Å². The van der Waals surface area contributed by atoms with Crippen molar-refractivity contribution in [3.8, 4) is 0 Å². The molecule has 1 aromatic rings. The van der Waals surface area contributed by atoms with Gasteiger partial charge in [0, 0.05) is 12.3 Å². The number of H-pyrrole nitrogens is 1. The highest BCUT2D eigenvalue weighted by Crippen LogP contribution is 2.66. The fraction of sp³-hybridized carbons (Fsp3) is 0.667. The number of hydrogen-bond acceptors (Lipinski definition) is 20. The molecule has 0 spiro atoms. The average Bonchev–Trinajstić information content (AvgIpc) is 3.18. The molecule has 224 valence electrons. The summed E-state index contributed by atoms with van der Waals surface area (Å²) in [5, 5.41) is 67.5. The standard InChI is InChI=1S/C15H25N3O18P2S/c16-34-38(30,33-14(27)12(26)10(24)8(22)5(20)3-19)35-37(29,36-39)31-4-6-9(23)11(25)13(32-6)18-2-1-7(21)17-15(18)28/h1-2,5-6,8-13,19-20,22-26,39H,3-4,16H2,(H,17,21,28)/t5-,6-,8-,9-,10+,11-,12-,13-,37?,38?/m1/s1. The highest BCUT2D eigenvalue weighted by molar-refractivity contribution is 7.81. The molecule has 1 aromatic heterocycles. The smallest absolute Gasteiger partial charge is 0.394 e. The third-order valence-corrected chi connectivity index (χ3v) is 8.51. The molecule has 0 radical (unpaired) electrons. The second-order valence-corrected chi connectivity index (χ2v) is 11.4. The third kappa shape index (κ3) is 8.24. The molecule has 1 saturated heterocycles. The minimum Gasteiger partial charge on any atom is -0.394 e. The van der Waals surface area contributed by atoms with Crippen molar-refractivity contribution in [2.75, 3.05) is 13.2 Å². The number of rotatable bonds is 14. The molecule has 10 N–H and O–H groups in total. The maximum absolute atomic E-state index is 12.7. The van der Waals surface area contributed by atoms with Crippen LogP contribution in [-0.4, -0.2) is 107 Å². The van der Waals surface area contributed by atoms with Crippen molar-refractivity contribution in [1.82, 2.24) is 9.55 Å². The lowest BCUT2D eigenvalue weighted by atomic mass is 10.0. The lowest BCUT2D eigenvalue weighted by Crippen LogP contribution is -2.49. The number of ether oxygens (including phenoxy) is 1. The zero-order chi connectivity index (χ0) is 29.7. The van der Waals surface area contributed by atoms with E-state index in [1.807, 2.05) is 4.98 Å². The molecule has 1 aliphatic rings. The summed E-state index contributed by atoms with van der Waals surface area (Å²) < 4.78 is 52.6. The van der Waals surface area contributed by atoms with E-state index < -0.39 is 95.0 Å². The summed E-state index contributed by atoms with van der Waals surface area (Å²) in [6.45, 7) is -2.10. The third-order valence-electron chi connectivity index (χ3n) is 4.99. The first-order valence-corrected chi connectivity index (χ1v) is 13.6. The van der Waals surface area contributed by atoms with Gasteiger partial charge in [0.2, 0.25) is 0 Å². The molecule has 0 aromatic carbocycles. The molecule has 1 fully saturated rings. The number of nitrogens with two attached hydrogens (primary N) is 1. The molecule has 0 aliphatic carbocycles. The van der Waals surface area contributed by atoms with E-state index in [2.05, 4.69) is 30.3 Å². The van der Waals surface area contributed by atoms with Gasteiger partial charge in [-0.3, -0.25) is 18.9 Å². The van der Waals surface area contributed by atoms with E-state index in [9.17, 15) is 54.2 Å². The van der Waals surface area contributed by atoms with Gasteiger partial charge in [-0.05, 0) is 12.9 Å². The van der Waals surface area contributed by atoms with Crippen LogP contribution < -0.4 is 17.1 Å². The summed E-state index contributed by atoms with van der Waals surface area (Å²) in [6.07, 6.45) is -15.4. The van der Waals surface area contributed by atoms with Crippen molar-refractivity contribution in [1.29, 1.82) is 0 Å². The Morgan fingerprint density at radius 1 is 1.15 bits per heavy atom. The van der Waals surface area contributed by atoms with Gasteiger partial charge in [0.05, 0.1) is 13.2 Å². The van der Waals surface area contributed by atoms with E-state index in [1.54, 1.807) is 0 Å². The van der Waals surface area contributed by atoms with Crippen LogP contribution in [-0.2, 0) is 40.6 Å². The van der Waals surface area contributed by atoms with Gasteiger partial charge in [-0.15, -0.1) is 0 Å². The van der Waals surface area contributed by atoms with Gasteiger partial charge < -0.3 is 45.0 Å². The van der Waals surface area contributed by atoms with Crippen LogP contribution in [0.3, 0.4) is 0 Å². The Labute approximate surface area is 222 Å². The predicted octanol–water partition coefficient (Wildman–Crippen LogP) is -4.86. The molecule has 10 atom stereocenters. The average molecular weight is 629 g/mol. The Hall–Kier alpha value is -1.56. The summed E-state index contributed by atoms with van der Waals surface area (Å²) >= 11 is 3.21. The Bertz CT molecular complexity index is 1200. The van der Waals surface area contributed by atoms with Gasteiger partial charge in [-0.1, -0.05) is 0 Å². The molecular formula is C15H25N3O18P2S. The van der Waals surface area contributed by atoms with E-state index in [-0.39, 0.29) is 0 Å². The predicted molar refractivity (Wildman–Crippen MR) is 122 cm³/mol. The summed E-state index contributed by atoms with van der Waals surface area (Å²) in [5.41, 5.74) is -1.78. The van der Waals surface area contributed by atoms with Gasteiger partial charge in [0.15, 0.2) is 12.3 Å². The first kappa shape index (κ1) is 33.6. The van der Waals surface area contributed by atoms with Crippen LogP contribution in [0.4, 0.5) is 0 Å². The van der Waals surface area contributed by atoms with E-state index in [1.165, 1.54) is 0 Å². The Morgan fingerprint density at radius 2 is 1.79 bits per heavy atom. The monoisotopic (exact) mass is 629 g/mol. The highest BCUT2D eigenvalue weighted by Gasteiger charge is 2.49. The van der Waals surface area contributed by atoms with Gasteiger partial charge in [0.1, 0.15) is 36.6 Å². The lowest BCUT2D eigenvalue weighted by Gasteiger charge is -2.25. The van der Waals surface area contributed by atoms with Gasteiger partial charge in [-0.25, -0.2) is 28.6 Å². The second-order valence-electron chi connectivity index (χ2n) is 7.61. The molecule has 2 unspecified atom stereocenters. The Morgan fingerprint density at radius 3 is 2.33 bits per heavy atom. The molecule has 1 aliphatic heterocycles. The van der Waals surface area contributed by atoms with E-state index in [0.29, 0.717) is 4.57 Å². The maximum Gasteiger partial charge on any atom is 0.558 e. The highest BCUT2D eigenvalue weighted by atomic mass is 32.1. The minimum absolute atomic E-state index is 0.715. The summed E-state index contributed by atoms with van der Waals surface area (Å²) in [7, 11) is -10.8. The van der Waals surface area contributed by atoms with Crippen LogP contribution in [0.5, 0.6) is 0 Å². The number of nitrogens with one attached hydrogen (secondary N) is 1. The lowest BCUT2D eigenvalue weighted by molar-refractivity contribution is -0.163. The number of carbonyl (C=O) groups excluding carboxylic acids is 1. The summed E-state index contributed by atoms with van der Waals surface area (Å²) in [4.78, 5) is 37.1. The number of carbonyl (C=O) groups is 1. The molecule has 0 bridgehead atoms. The number of aliphatic hydroxyl groups excluding tert-OH is 7. The molecule has 21 nitrogen and oxygen atoms in total. The van der Waals surface area contributed by atoms with Gasteiger partial charge in [-0.2, -0.15) is 8.94 Å². The number of hydrogen-bond donors (Lipinski definition) is 10. The fourth-order valence-electron chi connectivity index (χ4n) is 2.96. The molecule has 0 amide bonds. The molecule has 2 heterocycles. The van der Waals surface area contributed by atoms with Gasteiger partial charge >= 0.3 is 27.3 Å². The fourth-order valence-corrected chi connectivity index (χ4v) is 5.69. The van der Waals surface area contributed by atoms with E-state index in [0.717, 1.165) is 12.3 Å². The van der Waals surface area contributed by atoms with Crippen molar-refractivity contribution in [2.24, 2.45) is 5.90 Å². The molecular weight excluding hydrogens is 604 g/mol. The number of aromatic nitrogens is 2. The number of aromatic amines is 1. The van der Waals surface area contributed by atoms with Crippen LogP contribution in [0.1, 0.15) is 6.23 Å². The molecule has 2 rings (SSSR count). The summed E-state index contributed by atoms with van der Waals surface area (Å²) in [6, 6.07) is 0.918. The van der Waals surface area contributed by atoms with Crippen LogP contribution in [0, 0.1) is 0 Å². The van der Waals surface area contributed by atoms with Crippen LogP contribution in [0.2, 0.25) is 0 Å². The molecule has 24 heteroatoms. The van der Waals surface area contributed by atoms with E-state index in [4.69, 9.17) is 20.3 Å².